The molecule has 0 saturated carbocycles. The van der Waals surface area contributed by atoms with Gasteiger partial charge in [0, 0.05) is 21.3 Å². The number of hydrogen-bond acceptors (Lipinski definition) is 3. The van der Waals surface area contributed by atoms with Crippen molar-refractivity contribution in [3.63, 3.8) is 0 Å². The summed E-state index contributed by atoms with van der Waals surface area (Å²) in [5.74, 6) is -0.215. The molecule has 0 atom stereocenters. The molecular weight excluding hydrogens is 428 g/mol. The zero-order valence-corrected chi connectivity index (χ0v) is 19.3. The Bertz CT molecular complexity index is 968. The fourth-order valence-corrected chi connectivity index (χ4v) is 3.36. The molecule has 1 amide bonds. The maximum Gasteiger partial charge on any atom is 0.266 e. The Morgan fingerprint density at radius 2 is 1.62 bits per heavy atom. The number of rotatable bonds is 3. The fraction of sp³-hybridized carbons (Fsp3) is 0.333. The first-order chi connectivity index (χ1) is 13.3. The van der Waals surface area contributed by atoms with Crippen molar-refractivity contribution >= 4 is 33.6 Å². The summed E-state index contributed by atoms with van der Waals surface area (Å²) in [7, 11) is 0. The number of nitrogens with one attached hydrogen (secondary N) is 1. The van der Waals surface area contributed by atoms with Gasteiger partial charge in [-0.2, -0.15) is 5.26 Å². The molecule has 0 aromatic heterocycles. The summed E-state index contributed by atoms with van der Waals surface area (Å²) in [6.45, 7) is 12.1. The van der Waals surface area contributed by atoms with Crippen LogP contribution in [0.5, 0.6) is 5.75 Å². The average molecular weight is 455 g/mol. The summed E-state index contributed by atoms with van der Waals surface area (Å²) in [4.78, 5) is 12.6. The van der Waals surface area contributed by atoms with Crippen molar-refractivity contribution in [2.45, 2.75) is 52.4 Å². The second-order valence-electron chi connectivity index (χ2n) is 9.10. The van der Waals surface area contributed by atoms with Crippen LogP contribution < -0.4 is 5.32 Å². The van der Waals surface area contributed by atoms with Crippen molar-refractivity contribution in [2.75, 3.05) is 5.32 Å². The summed E-state index contributed by atoms with van der Waals surface area (Å²) in [6, 6.07) is 12.9. The molecule has 2 aromatic rings. The van der Waals surface area contributed by atoms with Crippen molar-refractivity contribution in [1.82, 2.24) is 0 Å². The van der Waals surface area contributed by atoms with E-state index in [1.54, 1.807) is 24.3 Å². The van der Waals surface area contributed by atoms with Crippen molar-refractivity contribution in [1.29, 1.82) is 5.26 Å². The zero-order valence-electron chi connectivity index (χ0n) is 17.7. The number of hydrogen-bond donors (Lipinski definition) is 2. The quantitative estimate of drug-likeness (QED) is 0.422. The topological polar surface area (TPSA) is 73.1 Å². The normalized spacial score (nSPS) is 12.4. The number of halogens is 1. The number of anilines is 1. The van der Waals surface area contributed by atoms with E-state index in [0.29, 0.717) is 11.3 Å². The third-order valence-corrected chi connectivity index (χ3v) is 5.00. The van der Waals surface area contributed by atoms with Crippen molar-refractivity contribution < 1.29 is 9.90 Å². The number of aromatic hydroxyl groups is 1. The second kappa shape index (κ2) is 8.42. The van der Waals surface area contributed by atoms with Crippen molar-refractivity contribution in [3.05, 3.63) is 63.1 Å². The van der Waals surface area contributed by atoms with Crippen LogP contribution in [0.3, 0.4) is 0 Å². The smallest absolute Gasteiger partial charge is 0.266 e. The van der Waals surface area contributed by atoms with E-state index in [1.807, 2.05) is 65.8 Å². The molecule has 29 heavy (non-hydrogen) atoms. The molecule has 0 spiro atoms. The van der Waals surface area contributed by atoms with E-state index in [1.165, 1.54) is 0 Å². The van der Waals surface area contributed by atoms with E-state index in [-0.39, 0.29) is 22.2 Å². The van der Waals surface area contributed by atoms with E-state index in [9.17, 15) is 15.2 Å². The van der Waals surface area contributed by atoms with Crippen LogP contribution in [0.25, 0.3) is 6.08 Å². The monoisotopic (exact) mass is 454 g/mol. The lowest BCUT2D eigenvalue weighted by molar-refractivity contribution is -0.112. The molecule has 0 heterocycles. The molecule has 4 nitrogen and oxygen atoms in total. The van der Waals surface area contributed by atoms with E-state index in [0.717, 1.165) is 15.6 Å². The number of carbonyl (C=O) groups is 1. The average Bonchev–Trinajstić information content (AvgIpc) is 2.58. The van der Waals surface area contributed by atoms with Gasteiger partial charge in [0.2, 0.25) is 0 Å². The zero-order chi connectivity index (χ0) is 22.0. The minimum Gasteiger partial charge on any atom is -0.507 e. The third kappa shape index (κ3) is 5.71. The Labute approximate surface area is 181 Å². The molecular formula is C24H27BrN2O2. The highest BCUT2D eigenvalue weighted by Crippen LogP contribution is 2.40. The maximum atomic E-state index is 12.6. The van der Waals surface area contributed by atoms with Gasteiger partial charge in [-0.3, -0.25) is 4.79 Å². The number of amides is 1. The molecule has 0 radical (unpaired) electrons. The molecule has 0 aliphatic heterocycles. The Morgan fingerprint density at radius 3 is 2.07 bits per heavy atom. The Kier molecular flexibility index (Phi) is 6.60. The van der Waals surface area contributed by atoms with Gasteiger partial charge >= 0.3 is 0 Å². The predicted molar refractivity (Wildman–Crippen MR) is 122 cm³/mol. The lowest BCUT2D eigenvalue weighted by Gasteiger charge is -2.28. The Hall–Kier alpha value is -2.58. The number of phenols is 1. The molecule has 0 unspecified atom stereocenters. The summed E-state index contributed by atoms with van der Waals surface area (Å²) >= 11 is 3.37. The number of carbonyl (C=O) groups excluding carboxylic acids is 1. The maximum absolute atomic E-state index is 12.6. The van der Waals surface area contributed by atoms with Crippen LogP contribution in [-0.4, -0.2) is 11.0 Å². The molecule has 2 aromatic carbocycles. The van der Waals surface area contributed by atoms with Gasteiger partial charge in [0.05, 0.1) is 0 Å². The van der Waals surface area contributed by atoms with Gasteiger partial charge in [0.1, 0.15) is 17.4 Å². The number of benzene rings is 2. The number of nitrogens with zero attached hydrogens (tertiary/aromatic N) is 1. The molecule has 0 bridgehead atoms. The van der Waals surface area contributed by atoms with Crippen molar-refractivity contribution in [3.8, 4) is 11.8 Å². The molecule has 2 N–H and O–H groups in total. The van der Waals surface area contributed by atoms with Gasteiger partial charge < -0.3 is 10.4 Å². The van der Waals surface area contributed by atoms with Crippen LogP contribution >= 0.6 is 15.9 Å². The lowest BCUT2D eigenvalue weighted by atomic mass is 9.78. The van der Waals surface area contributed by atoms with E-state index < -0.39 is 5.91 Å². The molecule has 0 saturated heterocycles. The predicted octanol–water partition coefficient (Wildman–Crippen LogP) is 6.30. The third-order valence-electron chi connectivity index (χ3n) is 4.51. The molecule has 0 aliphatic carbocycles. The summed E-state index contributed by atoms with van der Waals surface area (Å²) < 4.78 is 0.834. The second-order valence-corrected chi connectivity index (χ2v) is 10.0. The molecule has 0 aliphatic rings. The van der Waals surface area contributed by atoms with E-state index in [4.69, 9.17) is 0 Å². The van der Waals surface area contributed by atoms with Crippen LogP contribution in [0.2, 0.25) is 0 Å². The van der Waals surface area contributed by atoms with Gasteiger partial charge in [-0.05, 0) is 52.8 Å². The minimum absolute atomic E-state index is 0.00427. The summed E-state index contributed by atoms with van der Waals surface area (Å²) in [5, 5.41) is 23.1. The molecule has 152 valence electrons. The largest absolute Gasteiger partial charge is 0.507 e. The van der Waals surface area contributed by atoms with Gasteiger partial charge in [0.15, 0.2) is 0 Å². The first-order valence-electron chi connectivity index (χ1n) is 9.39. The summed E-state index contributed by atoms with van der Waals surface area (Å²) in [5.41, 5.74) is 2.27. The molecule has 2 rings (SSSR count). The standard InChI is InChI=1S/C24H27BrN2O2/c1-23(2,3)19-11-15(12-20(21(19)28)24(4,5)6)10-16(14-26)22(29)27-18-9-7-8-17(25)13-18/h7-13,28H,1-6H3,(H,27,29)/b16-10-. The van der Waals surface area contributed by atoms with Gasteiger partial charge in [-0.15, -0.1) is 0 Å². The Balaban J connectivity index is 2.52. The fourth-order valence-electron chi connectivity index (χ4n) is 2.96. The van der Waals surface area contributed by atoms with Gasteiger partial charge in [-0.1, -0.05) is 63.5 Å². The highest BCUT2D eigenvalue weighted by Gasteiger charge is 2.26. The summed E-state index contributed by atoms with van der Waals surface area (Å²) in [6.07, 6.45) is 1.57. The Morgan fingerprint density at radius 1 is 1.07 bits per heavy atom. The van der Waals surface area contributed by atoms with E-state index >= 15 is 0 Å². The van der Waals surface area contributed by atoms with Crippen LogP contribution in [0, 0.1) is 11.3 Å². The first-order valence-corrected chi connectivity index (χ1v) is 10.2. The molecule has 0 fully saturated rings. The number of nitriles is 1. The van der Waals surface area contributed by atoms with Crippen LogP contribution in [-0.2, 0) is 15.6 Å². The SMILES string of the molecule is CC(C)(C)c1cc(/C=C(/C#N)C(=O)Nc2cccc(Br)c2)cc(C(C)(C)C)c1O. The van der Waals surface area contributed by atoms with Crippen LogP contribution in [0.1, 0.15) is 58.2 Å². The molecule has 5 heteroatoms. The van der Waals surface area contributed by atoms with Crippen LogP contribution in [0.4, 0.5) is 5.69 Å². The van der Waals surface area contributed by atoms with Crippen molar-refractivity contribution in [2.24, 2.45) is 0 Å². The first kappa shape index (κ1) is 22.7. The lowest BCUT2D eigenvalue weighted by Crippen LogP contribution is -2.18. The highest BCUT2D eigenvalue weighted by molar-refractivity contribution is 9.10. The highest BCUT2D eigenvalue weighted by atomic mass is 79.9. The number of phenolic OH excluding ortho intramolecular Hbond substituents is 1. The minimum atomic E-state index is -0.478. The van der Waals surface area contributed by atoms with Gasteiger partial charge in [0.25, 0.3) is 5.91 Å². The van der Waals surface area contributed by atoms with Gasteiger partial charge in [-0.25, -0.2) is 0 Å². The van der Waals surface area contributed by atoms with Crippen LogP contribution in [0.15, 0.2) is 46.4 Å². The van der Waals surface area contributed by atoms with E-state index in [2.05, 4.69) is 21.2 Å².